The van der Waals surface area contributed by atoms with Gasteiger partial charge in [0.1, 0.15) is 0 Å². The molecule has 1 aromatic carbocycles. The summed E-state index contributed by atoms with van der Waals surface area (Å²) in [5.74, 6) is 0. The molecule has 1 nitrogen and oxygen atoms in total. The van der Waals surface area contributed by atoms with Gasteiger partial charge in [-0.3, -0.25) is 4.90 Å². The van der Waals surface area contributed by atoms with Crippen molar-refractivity contribution in [2.75, 3.05) is 6.54 Å². The van der Waals surface area contributed by atoms with Crippen molar-refractivity contribution < 1.29 is 0 Å². The number of hydrogen-bond acceptors (Lipinski definition) is 1. The molecule has 0 saturated heterocycles. The topological polar surface area (TPSA) is 3.24 Å². The van der Waals surface area contributed by atoms with Gasteiger partial charge in [0.05, 0.1) is 0 Å². The summed E-state index contributed by atoms with van der Waals surface area (Å²) < 4.78 is 0. The van der Waals surface area contributed by atoms with Gasteiger partial charge in [0, 0.05) is 18.6 Å². The first-order valence-electron chi connectivity index (χ1n) is 7.50. The monoisotopic (exact) mass is 253 g/mol. The average Bonchev–Trinajstić information content (AvgIpc) is 2.49. The predicted octanol–water partition coefficient (Wildman–Crippen LogP) is 4.27. The van der Waals surface area contributed by atoms with Gasteiger partial charge in [0.15, 0.2) is 0 Å². The molecule has 0 saturated carbocycles. The van der Waals surface area contributed by atoms with Crippen LogP contribution >= 0.6 is 0 Å². The highest BCUT2D eigenvalue weighted by molar-refractivity contribution is 5.66. The fourth-order valence-electron chi connectivity index (χ4n) is 3.39. The van der Waals surface area contributed by atoms with Crippen molar-refractivity contribution in [1.29, 1.82) is 0 Å². The van der Waals surface area contributed by atoms with E-state index in [1.165, 1.54) is 36.8 Å². The minimum Gasteiger partial charge on any atom is -0.293 e. The van der Waals surface area contributed by atoms with Crippen LogP contribution in [0.25, 0.3) is 5.57 Å². The molecular weight excluding hydrogens is 230 g/mol. The zero-order valence-corrected chi connectivity index (χ0v) is 11.8. The molecule has 1 heterocycles. The number of hydrogen-bond donors (Lipinski definition) is 0. The van der Waals surface area contributed by atoms with E-state index in [1.807, 2.05) is 0 Å². The molecule has 1 aromatic rings. The Labute approximate surface area is 116 Å². The van der Waals surface area contributed by atoms with Crippen LogP contribution in [0.2, 0.25) is 0 Å². The molecule has 0 N–H and O–H groups in total. The molecule has 2 unspecified atom stereocenters. The lowest BCUT2D eigenvalue weighted by atomic mass is 9.91. The Balaban J connectivity index is 1.73. The van der Waals surface area contributed by atoms with Gasteiger partial charge in [0.25, 0.3) is 0 Å². The van der Waals surface area contributed by atoms with Gasteiger partial charge in [-0.15, -0.1) is 0 Å². The lowest BCUT2D eigenvalue weighted by Gasteiger charge is -2.40. The first-order valence-corrected chi connectivity index (χ1v) is 7.50. The second-order valence-corrected chi connectivity index (χ2v) is 5.78. The lowest BCUT2D eigenvalue weighted by molar-refractivity contribution is 0.147. The normalized spacial score (nSPS) is 28.2. The van der Waals surface area contributed by atoms with Gasteiger partial charge < -0.3 is 0 Å². The van der Waals surface area contributed by atoms with Crippen molar-refractivity contribution in [3.05, 3.63) is 54.1 Å². The van der Waals surface area contributed by atoms with Crippen LogP contribution in [0.1, 0.15) is 38.2 Å². The van der Waals surface area contributed by atoms with E-state index in [0.29, 0.717) is 6.04 Å². The largest absolute Gasteiger partial charge is 0.293 e. The molecule has 0 spiro atoms. The highest BCUT2D eigenvalue weighted by Crippen LogP contribution is 2.30. The molecule has 19 heavy (non-hydrogen) atoms. The summed E-state index contributed by atoms with van der Waals surface area (Å²) in [7, 11) is 0. The molecule has 2 atom stereocenters. The number of benzene rings is 1. The summed E-state index contributed by atoms with van der Waals surface area (Å²) in [6.07, 6.45) is 12.1. The Morgan fingerprint density at radius 1 is 1.11 bits per heavy atom. The maximum atomic E-state index is 2.69. The van der Waals surface area contributed by atoms with Gasteiger partial charge in [0.2, 0.25) is 0 Å². The SMILES string of the molecule is CC1CC(c2ccccc2)=CCN1C1CC=CCC1. The van der Waals surface area contributed by atoms with Crippen molar-refractivity contribution in [2.45, 2.75) is 44.7 Å². The second-order valence-electron chi connectivity index (χ2n) is 5.78. The molecule has 1 aliphatic heterocycles. The van der Waals surface area contributed by atoms with Crippen LogP contribution < -0.4 is 0 Å². The van der Waals surface area contributed by atoms with Crippen molar-refractivity contribution in [1.82, 2.24) is 4.90 Å². The Bertz CT molecular complexity index is 472. The van der Waals surface area contributed by atoms with E-state index in [-0.39, 0.29) is 0 Å². The molecule has 0 amide bonds. The Morgan fingerprint density at radius 3 is 2.63 bits per heavy atom. The van der Waals surface area contributed by atoms with E-state index in [0.717, 1.165) is 12.6 Å². The number of rotatable bonds is 2. The summed E-state index contributed by atoms with van der Waals surface area (Å²) in [4.78, 5) is 2.69. The third kappa shape index (κ3) is 2.82. The minimum absolute atomic E-state index is 0.664. The Hall–Kier alpha value is -1.34. The maximum absolute atomic E-state index is 2.69. The molecule has 100 valence electrons. The molecule has 1 heteroatoms. The highest BCUT2D eigenvalue weighted by Gasteiger charge is 2.26. The first-order chi connectivity index (χ1) is 9.34. The molecule has 0 aromatic heterocycles. The van der Waals surface area contributed by atoms with Crippen LogP contribution in [0.4, 0.5) is 0 Å². The van der Waals surface area contributed by atoms with Crippen LogP contribution in [-0.4, -0.2) is 23.5 Å². The minimum atomic E-state index is 0.664. The van der Waals surface area contributed by atoms with E-state index >= 15 is 0 Å². The zero-order chi connectivity index (χ0) is 13.1. The molecule has 0 bridgehead atoms. The van der Waals surface area contributed by atoms with Crippen LogP contribution in [0.3, 0.4) is 0 Å². The summed E-state index contributed by atoms with van der Waals surface area (Å²) in [5, 5.41) is 0. The predicted molar refractivity (Wildman–Crippen MR) is 82.0 cm³/mol. The summed E-state index contributed by atoms with van der Waals surface area (Å²) in [6, 6.07) is 12.3. The molecule has 1 aliphatic carbocycles. The zero-order valence-electron chi connectivity index (χ0n) is 11.8. The quantitative estimate of drug-likeness (QED) is 0.711. The summed E-state index contributed by atoms with van der Waals surface area (Å²) in [5.41, 5.74) is 2.92. The van der Waals surface area contributed by atoms with Gasteiger partial charge in [-0.25, -0.2) is 0 Å². The Morgan fingerprint density at radius 2 is 1.95 bits per heavy atom. The van der Waals surface area contributed by atoms with Crippen molar-refractivity contribution in [3.63, 3.8) is 0 Å². The van der Waals surface area contributed by atoms with Crippen LogP contribution in [0, 0.1) is 0 Å². The summed E-state index contributed by atoms with van der Waals surface area (Å²) in [6.45, 7) is 3.50. The lowest BCUT2D eigenvalue weighted by Crippen LogP contribution is -2.44. The fourth-order valence-corrected chi connectivity index (χ4v) is 3.39. The standard InChI is InChI=1S/C18H23N/c1-15-14-17(16-8-4-2-5-9-16)12-13-19(15)18-10-6-3-7-11-18/h2-6,8-9,12,15,18H,7,10-11,13-14H2,1H3. The van der Waals surface area contributed by atoms with Crippen LogP contribution in [0.5, 0.6) is 0 Å². The highest BCUT2D eigenvalue weighted by atomic mass is 15.2. The molecular formula is C18H23N. The van der Waals surface area contributed by atoms with E-state index < -0.39 is 0 Å². The van der Waals surface area contributed by atoms with Crippen LogP contribution in [-0.2, 0) is 0 Å². The van der Waals surface area contributed by atoms with Gasteiger partial charge in [-0.05, 0) is 43.7 Å². The average molecular weight is 253 g/mol. The summed E-state index contributed by atoms with van der Waals surface area (Å²) >= 11 is 0. The van der Waals surface area contributed by atoms with E-state index in [9.17, 15) is 0 Å². The third-order valence-corrected chi connectivity index (χ3v) is 4.48. The Kier molecular flexibility index (Phi) is 3.84. The van der Waals surface area contributed by atoms with Gasteiger partial charge >= 0.3 is 0 Å². The van der Waals surface area contributed by atoms with Crippen LogP contribution in [0.15, 0.2) is 48.6 Å². The molecule has 2 aliphatic rings. The van der Waals surface area contributed by atoms with Crippen molar-refractivity contribution in [3.8, 4) is 0 Å². The first kappa shape index (κ1) is 12.7. The van der Waals surface area contributed by atoms with Gasteiger partial charge in [-0.1, -0.05) is 48.6 Å². The van der Waals surface area contributed by atoms with E-state index in [4.69, 9.17) is 0 Å². The van der Waals surface area contributed by atoms with Crippen molar-refractivity contribution >= 4 is 5.57 Å². The maximum Gasteiger partial charge on any atom is 0.0175 e. The smallest absolute Gasteiger partial charge is 0.0175 e. The number of nitrogens with zero attached hydrogens (tertiary/aromatic N) is 1. The van der Waals surface area contributed by atoms with Gasteiger partial charge in [-0.2, -0.15) is 0 Å². The molecule has 3 rings (SSSR count). The third-order valence-electron chi connectivity index (χ3n) is 4.48. The van der Waals surface area contributed by atoms with E-state index in [2.05, 4.69) is 60.4 Å². The second kappa shape index (κ2) is 5.75. The molecule has 0 fully saturated rings. The molecule has 0 radical (unpaired) electrons. The van der Waals surface area contributed by atoms with E-state index in [1.54, 1.807) is 0 Å². The van der Waals surface area contributed by atoms with Crippen molar-refractivity contribution in [2.24, 2.45) is 0 Å². The fraction of sp³-hybridized carbons (Fsp3) is 0.444. The number of allylic oxidation sites excluding steroid dienone is 1.